The van der Waals surface area contributed by atoms with E-state index in [0.29, 0.717) is 19.1 Å². The topological polar surface area (TPSA) is 35.2 Å². The molecule has 0 saturated heterocycles. The van der Waals surface area contributed by atoms with E-state index in [4.69, 9.17) is 10.5 Å². The fourth-order valence-corrected chi connectivity index (χ4v) is 2.01. The normalized spacial score (nSPS) is 23.8. The lowest BCUT2D eigenvalue weighted by molar-refractivity contribution is -0.137. The number of hydrogen-bond donors (Lipinski definition) is 1. The van der Waals surface area contributed by atoms with Gasteiger partial charge in [-0.1, -0.05) is 12.1 Å². The van der Waals surface area contributed by atoms with Gasteiger partial charge < -0.3 is 10.5 Å². The van der Waals surface area contributed by atoms with Gasteiger partial charge in [0.2, 0.25) is 0 Å². The van der Waals surface area contributed by atoms with Crippen LogP contribution in [0.5, 0.6) is 0 Å². The summed E-state index contributed by atoms with van der Waals surface area (Å²) in [6.07, 6.45) is -2.16. The molecule has 5 heteroatoms. The quantitative estimate of drug-likeness (QED) is 0.902. The number of benzene rings is 1. The molecule has 1 aliphatic carbocycles. The van der Waals surface area contributed by atoms with Crippen LogP contribution in [0.2, 0.25) is 0 Å². The Hall–Kier alpha value is -1.07. The van der Waals surface area contributed by atoms with Gasteiger partial charge in [0.1, 0.15) is 0 Å². The highest BCUT2D eigenvalue weighted by atomic mass is 19.4. The van der Waals surface area contributed by atoms with E-state index in [1.165, 1.54) is 12.1 Å². The smallest absolute Gasteiger partial charge is 0.374 e. The van der Waals surface area contributed by atoms with Crippen molar-refractivity contribution in [3.05, 3.63) is 35.4 Å². The van der Waals surface area contributed by atoms with Crippen LogP contribution in [0.1, 0.15) is 24.0 Å². The molecule has 2 rings (SSSR count). The van der Waals surface area contributed by atoms with Crippen molar-refractivity contribution in [2.45, 2.75) is 31.7 Å². The first-order valence-corrected chi connectivity index (χ1v) is 5.97. The van der Waals surface area contributed by atoms with Crippen LogP contribution in [0.4, 0.5) is 13.2 Å². The van der Waals surface area contributed by atoms with Crippen molar-refractivity contribution >= 4 is 0 Å². The molecule has 0 aliphatic heterocycles. The fourth-order valence-electron chi connectivity index (χ4n) is 2.01. The first-order chi connectivity index (χ1) is 8.49. The molecule has 0 unspecified atom stereocenters. The zero-order valence-corrected chi connectivity index (χ0v) is 9.91. The van der Waals surface area contributed by atoms with Crippen molar-refractivity contribution in [2.75, 3.05) is 6.54 Å². The summed E-state index contributed by atoms with van der Waals surface area (Å²) >= 11 is 0. The molecule has 100 valence electrons. The first-order valence-electron chi connectivity index (χ1n) is 5.97. The summed E-state index contributed by atoms with van der Waals surface area (Å²) in [5.41, 5.74) is 5.63. The molecule has 2 nitrogen and oxygen atoms in total. The van der Waals surface area contributed by atoms with E-state index in [9.17, 15) is 13.2 Å². The lowest BCUT2D eigenvalue weighted by Crippen LogP contribution is -2.35. The van der Waals surface area contributed by atoms with Crippen molar-refractivity contribution < 1.29 is 17.9 Å². The summed E-state index contributed by atoms with van der Waals surface area (Å²) in [7, 11) is 0. The van der Waals surface area contributed by atoms with Gasteiger partial charge in [-0.25, -0.2) is 0 Å². The molecule has 0 atom stereocenters. The standard InChI is InChI=1S/C13H16F3NO/c14-13(15,16)11-3-1-9(2-4-11)8-18-12-5-10(6-12)7-17/h1-4,10,12H,5-8,17H2. The van der Waals surface area contributed by atoms with Crippen molar-refractivity contribution in [3.8, 4) is 0 Å². The Kier molecular flexibility index (Phi) is 3.92. The van der Waals surface area contributed by atoms with Crippen LogP contribution in [0.25, 0.3) is 0 Å². The molecule has 1 fully saturated rings. The van der Waals surface area contributed by atoms with Crippen molar-refractivity contribution in [3.63, 3.8) is 0 Å². The molecular weight excluding hydrogens is 243 g/mol. The van der Waals surface area contributed by atoms with Crippen LogP contribution < -0.4 is 5.73 Å². The minimum atomic E-state index is -4.28. The highest BCUT2D eigenvalue weighted by Crippen LogP contribution is 2.31. The summed E-state index contributed by atoms with van der Waals surface area (Å²) in [5.74, 6) is 0.544. The maximum absolute atomic E-state index is 12.3. The molecule has 18 heavy (non-hydrogen) atoms. The van der Waals surface area contributed by atoms with Gasteiger partial charge >= 0.3 is 6.18 Å². The number of hydrogen-bond acceptors (Lipinski definition) is 2. The molecule has 0 heterocycles. The van der Waals surface area contributed by atoms with Gasteiger partial charge in [-0.2, -0.15) is 13.2 Å². The summed E-state index contributed by atoms with van der Waals surface area (Å²) in [5, 5.41) is 0. The Morgan fingerprint density at radius 3 is 2.28 bits per heavy atom. The summed E-state index contributed by atoms with van der Waals surface area (Å²) < 4.78 is 42.6. The minimum absolute atomic E-state index is 0.209. The Balaban J connectivity index is 1.81. The first kappa shape index (κ1) is 13.4. The molecule has 0 radical (unpaired) electrons. The molecule has 1 aromatic carbocycles. The monoisotopic (exact) mass is 259 g/mol. The van der Waals surface area contributed by atoms with Crippen molar-refractivity contribution in [2.24, 2.45) is 11.7 Å². The van der Waals surface area contributed by atoms with E-state index in [1.807, 2.05) is 0 Å². The van der Waals surface area contributed by atoms with Crippen LogP contribution in [0.15, 0.2) is 24.3 Å². The molecule has 2 N–H and O–H groups in total. The van der Waals surface area contributed by atoms with Crippen LogP contribution in [0.3, 0.4) is 0 Å². The molecule has 0 spiro atoms. The fraction of sp³-hybridized carbons (Fsp3) is 0.538. The molecule has 0 aromatic heterocycles. The number of alkyl halides is 3. The average molecular weight is 259 g/mol. The van der Waals surface area contributed by atoms with E-state index >= 15 is 0 Å². The second-order valence-electron chi connectivity index (χ2n) is 4.70. The molecular formula is C13H16F3NO. The number of ether oxygens (including phenoxy) is 1. The van der Waals surface area contributed by atoms with Crippen LogP contribution >= 0.6 is 0 Å². The summed E-state index contributed by atoms with van der Waals surface area (Å²) in [6, 6.07) is 5.09. The number of rotatable bonds is 4. The van der Waals surface area contributed by atoms with Gasteiger partial charge in [0.25, 0.3) is 0 Å². The van der Waals surface area contributed by atoms with Gasteiger partial charge in [0.15, 0.2) is 0 Å². The van der Waals surface area contributed by atoms with E-state index in [2.05, 4.69) is 0 Å². The van der Waals surface area contributed by atoms with Gasteiger partial charge in [-0.3, -0.25) is 0 Å². The molecule has 0 amide bonds. The van der Waals surface area contributed by atoms with Crippen molar-refractivity contribution in [1.82, 2.24) is 0 Å². The second-order valence-corrected chi connectivity index (χ2v) is 4.70. The zero-order valence-electron chi connectivity index (χ0n) is 9.91. The Bertz CT molecular complexity index is 382. The highest BCUT2D eigenvalue weighted by Gasteiger charge is 2.30. The third-order valence-corrected chi connectivity index (χ3v) is 3.29. The highest BCUT2D eigenvalue weighted by molar-refractivity contribution is 5.24. The zero-order chi connectivity index (χ0) is 13.2. The van der Waals surface area contributed by atoms with Crippen LogP contribution in [0, 0.1) is 5.92 Å². The predicted molar refractivity (Wildman–Crippen MR) is 61.8 cm³/mol. The van der Waals surface area contributed by atoms with Gasteiger partial charge in [0.05, 0.1) is 18.3 Å². The van der Waals surface area contributed by atoms with E-state index in [-0.39, 0.29) is 6.10 Å². The van der Waals surface area contributed by atoms with E-state index in [1.54, 1.807) is 0 Å². The second kappa shape index (κ2) is 5.28. The summed E-state index contributed by atoms with van der Waals surface area (Å²) in [4.78, 5) is 0. The van der Waals surface area contributed by atoms with E-state index < -0.39 is 11.7 Å². The van der Waals surface area contributed by atoms with Gasteiger partial charge in [0, 0.05) is 0 Å². The lowest BCUT2D eigenvalue weighted by atomic mass is 9.82. The SMILES string of the molecule is NCC1CC(OCc2ccc(C(F)(F)F)cc2)C1. The van der Waals surface area contributed by atoms with Crippen LogP contribution in [-0.4, -0.2) is 12.6 Å². The molecule has 0 bridgehead atoms. The predicted octanol–water partition coefficient (Wildman–Crippen LogP) is 2.96. The molecule has 1 saturated carbocycles. The maximum atomic E-state index is 12.3. The van der Waals surface area contributed by atoms with Gasteiger partial charge in [-0.15, -0.1) is 0 Å². The van der Waals surface area contributed by atoms with Gasteiger partial charge in [-0.05, 0) is 43.0 Å². The Morgan fingerprint density at radius 2 is 1.78 bits per heavy atom. The lowest BCUT2D eigenvalue weighted by Gasteiger charge is -2.34. The third kappa shape index (κ3) is 3.23. The minimum Gasteiger partial charge on any atom is -0.374 e. The molecule has 1 aliphatic rings. The average Bonchev–Trinajstić information content (AvgIpc) is 2.27. The molecule has 1 aromatic rings. The Morgan fingerprint density at radius 1 is 1.17 bits per heavy atom. The van der Waals surface area contributed by atoms with Crippen LogP contribution in [-0.2, 0) is 17.5 Å². The van der Waals surface area contributed by atoms with E-state index in [0.717, 1.165) is 30.5 Å². The van der Waals surface area contributed by atoms with Crippen molar-refractivity contribution in [1.29, 1.82) is 0 Å². The third-order valence-electron chi connectivity index (χ3n) is 3.29. The Labute approximate surface area is 104 Å². The summed E-state index contributed by atoms with van der Waals surface area (Å²) in [6.45, 7) is 1.04. The largest absolute Gasteiger partial charge is 0.416 e. The number of halogens is 3. The maximum Gasteiger partial charge on any atom is 0.416 e. The number of nitrogens with two attached hydrogens (primary N) is 1.